The predicted octanol–water partition coefficient (Wildman–Crippen LogP) is 1.80. The number of hydrogen-bond acceptors (Lipinski definition) is 6. The van der Waals surface area contributed by atoms with Gasteiger partial charge in [-0.15, -0.1) is 0 Å². The van der Waals surface area contributed by atoms with Crippen molar-refractivity contribution in [2.45, 2.75) is 25.4 Å². The number of nitrogens with zero attached hydrogens (tertiary/aromatic N) is 5. The lowest BCUT2D eigenvalue weighted by atomic mass is 10.2. The Kier molecular flexibility index (Phi) is 6.28. The third kappa shape index (κ3) is 4.56. The molecule has 1 atom stereocenters. The molecule has 2 fully saturated rings. The van der Waals surface area contributed by atoms with Gasteiger partial charge in [0.15, 0.2) is 5.96 Å². The predicted molar refractivity (Wildman–Crippen MR) is 107 cm³/mol. The molecule has 2 saturated heterocycles. The molecule has 1 unspecified atom stereocenters. The van der Waals surface area contributed by atoms with Crippen LogP contribution in [-0.4, -0.2) is 78.7 Å². The molecule has 2 aromatic heterocycles. The molecular formula is C20H30N6O2. The van der Waals surface area contributed by atoms with Crippen LogP contribution in [-0.2, 0) is 6.54 Å². The maximum absolute atomic E-state index is 5.73. The molecule has 2 aromatic rings. The number of guanidine groups is 1. The van der Waals surface area contributed by atoms with Crippen molar-refractivity contribution >= 4 is 5.96 Å². The highest BCUT2D eigenvalue weighted by molar-refractivity contribution is 5.80. The van der Waals surface area contributed by atoms with Crippen LogP contribution < -0.4 is 5.32 Å². The summed E-state index contributed by atoms with van der Waals surface area (Å²) in [6.07, 6.45) is 5.92. The third-order valence-electron chi connectivity index (χ3n) is 5.67. The van der Waals surface area contributed by atoms with E-state index < -0.39 is 0 Å². The molecule has 0 saturated carbocycles. The monoisotopic (exact) mass is 386 g/mol. The summed E-state index contributed by atoms with van der Waals surface area (Å²) in [6.45, 7) is 7.78. The summed E-state index contributed by atoms with van der Waals surface area (Å²) in [5, 5.41) is 7.60. The molecule has 8 nitrogen and oxygen atoms in total. The molecule has 0 radical (unpaired) electrons. The molecule has 1 N–H and O–H groups in total. The van der Waals surface area contributed by atoms with Crippen molar-refractivity contribution in [3.05, 3.63) is 42.2 Å². The number of rotatable bonds is 6. The van der Waals surface area contributed by atoms with E-state index in [-0.39, 0.29) is 6.04 Å². The van der Waals surface area contributed by atoms with Crippen molar-refractivity contribution in [1.29, 1.82) is 0 Å². The first-order valence-electron chi connectivity index (χ1n) is 10.2. The van der Waals surface area contributed by atoms with Gasteiger partial charge in [0.1, 0.15) is 12.0 Å². The summed E-state index contributed by atoms with van der Waals surface area (Å²) in [6, 6.07) is 6.24. The first-order valence-corrected chi connectivity index (χ1v) is 10.2. The topological polar surface area (TPSA) is 73.3 Å². The number of furan rings is 1. The van der Waals surface area contributed by atoms with Crippen LogP contribution in [0.3, 0.4) is 0 Å². The molecule has 8 heteroatoms. The van der Waals surface area contributed by atoms with E-state index in [1.54, 1.807) is 12.5 Å². The van der Waals surface area contributed by atoms with Gasteiger partial charge in [0, 0.05) is 52.4 Å². The molecule has 4 heterocycles. The van der Waals surface area contributed by atoms with Gasteiger partial charge in [0.25, 0.3) is 0 Å². The van der Waals surface area contributed by atoms with E-state index in [4.69, 9.17) is 8.94 Å². The molecule has 0 spiro atoms. The minimum absolute atomic E-state index is 0.253. The Bertz CT molecular complexity index is 716. The van der Waals surface area contributed by atoms with E-state index in [1.165, 1.54) is 12.8 Å². The first kappa shape index (κ1) is 19.0. The lowest BCUT2D eigenvalue weighted by molar-refractivity contribution is 0.167. The van der Waals surface area contributed by atoms with Gasteiger partial charge in [-0.3, -0.25) is 14.8 Å². The van der Waals surface area contributed by atoms with Crippen LogP contribution in [0.15, 0.2) is 44.7 Å². The van der Waals surface area contributed by atoms with E-state index in [0.29, 0.717) is 0 Å². The lowest BCUT2D eigenvalue weighted by Crippen LogP contribution is -2.53. The number of likely N-dealkylation sites (tertiary alicyclic amines) is 1. The minimum Gasteiger partial charge on any atom is -0.468 e. The van der Waals surface area contributed by atoms with E-state index in [0.717, 1.165) is 69.8 Å². The zero-order valence-electron chi connectivity index (χ0n) is 16.6. The Hall–Kier alpha value is -2.32. The third-order valence-corrected chi connectivity index (χ3v) is 5.67. The van der Waals surface area contributed by atoms with Gasteiger partial charge in [-0.25, -0.2) is 0 Å². The molecule has 0 amide bonds. The Balaban J connectivity index is 1.30. The SMILES string of the molecule is CN=C(NCC(c1ccco1)N1CCCC1)N1CCN(Cc2ccon2)CC1. The van der Waals surface area contributed by atoms with Crippen molar-refractivity contribution in [3.8, 4) is 0 Å². The van der Waals surface area contributed by atoms with Gasteiger partial charge in [0.05, 0.1) is 18.0 Å². The summed E-state index contributed by atoms with van der Waals surface area (Å²) in [5.74, 6) is 2.00. The number of nitrogens with one attached hydrogen (secondary N) is 1. The summed E-state index contributed by atoms with van der Waals surface area (Å²) in [7, 11) is 1.86. The summed E-state index contributed by atoms with van der Waals surface area (Å²) in [5.41, 5.74) is 0.989. The van der Waals surface area contributed by atoms with Gasteiger partial charge >= 0.3 is 0 Å². The van der Waals surface area contributed by atoms with E-state index in [2.05, 4.69) is 36.2 Å². The van der Waals surface area contributed by atoms with Crippen LogP contribution in [0, 0.1) is 0 Å². The van der Waals surface area contributed by atoms with Gasteiger partial charge in [-0.1, -0.05) is 5.16 Å². The van der Waals surface area contributed by atoms with E-state index in [1.807, 2.05) is 19.2 Å². The number of hydrogen-bond donors (Lipinski definition) is 1. The average Bonchev–Trinajstić information content (AvgIpc) is 3.50. The molecule has 152 valence electrons. The van der Waals surface area contributed by atoms with Gasteiger partial charge in [-0.2, -0.15) is 0 Å². The Morgan fingerprint density at radius 3 is 2.61 bits per heavy atom. The number of piperazine rings is 1. The largest absolute Gasteiger partial charge is 0.468 e. The lowest BCUT2D eigenvalue weighted by Gasteiger charge is -2.37. The molecule has 28 heavy (non-hydrogen) atoms. The second-order valence-corrected chi connectivity index (χ2v) is 7.46. The fraction of sp³-hybridized carbons (Fsp3) is 0.600. The minimum atomic E-state index is 0.253. The van der Waals surface area contributed by atoms with Crippen LogP contribution in [0.2, 0.25) is 0 Å². The van der Waals surface area contributed by atoms with Gasteiger partial charge < -0.3 is 19.2 Å². The molecule has 0 aliphatic carbocycles. The Labute approximate surface area is 166 Å². The Morgan fingerprint density at radius 2 is 1.96 bits per heavy atom. The summed E-state index contributed by atoms with van der Waals surface area (Å²) in [4.78, 5) is 11.8. The highest BCUT2D eigenvalue weighted by atomic mass is 16.5. The van der Waals surface area contributed by atoms with Crippen LogP contribution >= 0.6 is 0 Å². The number of aliphatic imine (C=N–C) groups is 1. The van der Waals surface area contributed by atoms with E-state index in [9.17, 15) is 0 Å². The maximum atomic E-state index is 5.73. The Morgan fingerprint density at radius 1 is 1.14 bits per heavy atom. The summed E-state index contributed by atoms with van der Waals surface area (Å²) >= 11 is 0. The zero-order valence-corrected chi connectivity index (χ0v) is 16.6. The van der Waals surface area contributed by atoms with Crippen molar-refractivity contribution in [3.63, 3.8) is 0 Å². The molecular weight excluding hydrogens is 356 g/mol. The van der Waals surface area contributed by atoms with Crippen molar-refractivity contribution < 1.29 is 8.94 Å². The van der Waals surface area contributed by atoms with Gasteiger partial charge in [0.2, 0.25) is 0 Å². The molecule has 2 aliphatic rings. The van der Waals surface area contributed by atoms with Crippen LogP contribution in [0.1, 0.15) is 30.3 Å². The number of aromatic nitrogens is 1. The summed E-state index contributed by atoms with van der Waals surface area (Å²) < 4.78 is 10.7. The van der Waals surface area contributed by atoms with E-state index >= 15 is 0 Å². The van der Waals surface area contributed by atoms with Crippen molar-refractivity contribution in [2.75, 3.05) is 52.9 Å². The van der Waals surface area contributed by atoms with Crippen LogP contribution in [0.25, 0.3) is 0 Å². The molecule has 0 bridgehead atoms. The standard InChI is InChI=1S/C20H30N6O2/c1-21-20(26-11-9-24(10-12-26)16-17-6-14-28-23-17)22-15-18(19-5-4-13-27-19)25-7-2-3-8-25/h4-6,13-14,18H,2-3,7-12,15-16H2,1H3,(H,21,22). The highest BCUT2D eigenvalue weighted by Gasteiger charge is 2.27. The molecule has 4 rings (SSSR count). The fourth-order valence-electron chi connectivity index (χ4n) is 4.13. The van der Waals surface area contributed by atoms with Crippen molar-refractivity contribution in [1.82, 2.24) is 25.2 Å². The highest BCUT2D eigenvalue weighted by Crippen LogP contribution is 2.25. The quantitative estimate of drug-likeness (QED) is 0.599. The van der Waals surface area contributed by atoms with Gasteiger partial charge in [-0.05, 0) is 38.1 Å². The zero-order chi connectivity index (χ0) is 19.2. The normalized spacial score (nSPS) is 20.6. The smallest absolute Gasteiger partial charge is 0.193 e. The first-order chi connectivity index (χ1) is 13.8. The second kappa shape index (κ2) is 9.25. The van der Waals surface area contributed by atoms with Crippen LogP contribution in [0.5, 0.6) is 0 Å². The fourth-order valence-corrected chi connectivity index (χ4v) is 4.13. The van der Waals surface area contributed by atoms with Crippen molar-refractivity contribution in [2.24, 2.45) is 4.99 Å². The molecule has 0 aromatic carbocycles. The second-order valence-electron chi connectivity index (χ2n) is 7.46. The molecule has 2 aliphatic heterocycles. The average molecular weight is 387 g/mol. The van der Waals surface area contributed by atoms with Crippen LogP contribution in [0.4, 0.5) is 0 Å². The maximum Gasteiger partial charge on any atom is 0.193 e.